The third-order valence-corrected chi connectivity index (χ3v) is 5.97. The average Bonchev–Trinajstić information content (AvgIpc) is 2.70. The minimum absolute atomic E-state index is 0.240. The Hall–Kier alpha value is -3.32. The number of nitrogens with zero attached hydrogens (tertiary/aromatic N) is 1. The van der Waals surface area contributed by atoms with Crippen LogP contribution in [0.5, 0.6) is 0 Å². The SMILES string of the molecule is Cc1ccc(C)c(S(=O)(=O)Nc2ccc(C(=O)NN(C)c3ccccc3)cc2)c1. The van der Waals surface area contributed by atoms with Gasteiger partial charge in [-0.25, -0.2) is 8.42 Å². The summed E-state index contributed by atoms with van der Waals surface area (Å²) in [6.07, 6.45) is 0. The fourth-order valence-electron chi connectivity index (χ4n) is 2.83. The fraction of sp³-hybridized carbons (Fsp3) is 0.136. The highest BCUT2D eigenvalue weighted by atomic mass is 32.2. The van der Waals surface area contributed by atoms with E-state index in [1.165, 1.54) is 0 Å². The Morgan fingerprint density at radius 2 is 1.55 bits per heavy atom. The molecule has 150 valence electrons. The van der Waals surface area contributed by atoms with Gasteiger partial charge >= 0.3 is 0 Å². The van der Waals surface area contributed by atoms with Crippen LogP contribution in [-0.2, 0) is 10.0 Å². The number of hydrogen-bond acceptors (Lipinski definition) is 4. The molecule has 0 aliphatic rings. The maximum absolute atomic E-state index is 12.7. The zero-order valence-corrected chi connectivity index (χ0v) is 17.3. The van der Waals surface area contributed by atoms with Gasteiger partial charge in [-0.1, -0.05) is 30.3 Å². The number of hydrogen-bond donors (Lipinski definition) is 2. The number of para-hydroxylation sites is 1. The molecule has 29 heavy (non-hydrogen) atoms. The molecule has 0 aliphatic heterocycles. The summed E-state index contributed by atoms with van der Waals surface area (Å²) < 4.78 is 28.0. The van der Waals surface area contributed by atoms with E-state index in [0.29, 0.717) is 16.8 Å². The summed E-state index contributed by atoms with van der Waals surface area (Å²) in [7, 11) is -1.96. The van der Waals surface area contributed by atoms with Gasteiger partial charge < -0.3 is 0 Å². The van der Waals surface area contributed by atoms with Crippen molar-refractivity contribution >= 4 is 27.3 Å². The van der Waals surface area contributed by atoms with E-state index in [9.17, 15) is 13.2 Å². The first-order chi connectivity index (χ1) is 13.8. The number of nitrogens with one attached hydrogen (secondary N) is 2. The van der Waals surface area contributed by atoms with Gasteiger partial charge in [-0.2, -0.15) is 0 Å². The molecule has 0 aliphatic carbocycles. The van der Waals surface area contributed by atoms with Gasteiger partial charge in [-0.15, -0.1) is 0 Å². The van der Waals surface area contributed by atoms with Gasteiger partial charge in [0.15, 0.2) is 0 Å². The van der Waals surface area contributed by atoms with Crippen molar-refractivity contribution in [2.24, 2.45) is 0 Å². The normalized spacial score (nSPS) is 11.0. The van der Waals surface area contributed by atoms with Crippen molar-refractivity contribution in [3.05, 3.63) is 89.5 Å². The summed E-state index contributed by atoms with van der Waals surface area (Å²) in [5.41, 5.74) is 5.96. The molecule has 0 saturated heterocycles. The zero-order valence-electron chi connectivity index (χ0n) is 16.5. The van der Waals surface area contributed by atoms with E-state index in [1.54, 1.807) is 55.4 Å². The second-order valence-electron chi connectivity index (χ2n) is 6.79. The lowest BCUT2D eigenvalue weighted by atomic mass is 10.2. The predicted octanol–water partition coefficient (Wildman–Crippen LogP) is 3.89. The number of rotatable bonds is 6. The van der Waals surface area contributed by atoms with Gasteiger partial charge in [-0.3, -0.25) is 20.0 Å². The van der Waals surface area contributed by atoms with E-state index in [1.807, 2.05) is 43.3 Å². The largest absolute Gasteiger partial charge is 0.288 e. The Kier molecular flexibility index (Phi) is 5.89. The summed E-state index contributed by atoms with van der Waals surface area (Å²) in [6, 6.07) is 21.0. The van der Waals surface area contributed by atoms with Crippen LogP contribution >= 0.6 is 0 Å². The third-order valence-electron chi connectivity index (χ3n) is 4.45. The summed E-state index contributed by atoms with van der Waals surface area (Å²) in [5, 5.41) is 1.62. The molecule has 3 rings (SSSR count). The summed E-state index contributed by atoms with van der Waals surface area (Å²) in [6.45, 7) is 3.60. The van der Waals surface area contributed by atoms with Gasteiger partial charge in [-0.05, 0) is 67.4 Å². The number of carbonyl (C=O) groups is 1. The molecule has 1 amide bonds. The van der Waals surface area contributed by atoms with Crippen LogP contribution < -0.4 is 15.2 Å². The highest BCUT2D eigenvalue weighted by molar-refractivity contribution is 7.92. The van der Waals surface area contributed by atoms with Crippen molar-refractivity contribution in [2.75, 3.05) is 16.8 Å². The first-order valence-electron chi connectivity index (χ1n) is 9.06. The second-order valence-corrected chi connectivity index (χ2v) is 8.44. The zero-order chi connectivity index (χ0) is 21.0. The van der Waals surface area contributed by atoms with Gasteiger partial charge in [0, 0.05) is 18.3 Å². The molecular formula is C22H23N3O3S. The highest BCUT2D eigenvalue weighted by Crippen LogP contribution is 2.21. The quantitative estimate of drug-likeness (QED) is 0.606. The van der Waals surface area contributed by atoms with E-state index in [2.05, 4.69) is 10.1 Å². The highest BCUT2D eigenvalue weighted by Gasteiger charge is 2.17. The molecule has 7 heteroatoms. The van der Waals surface area contributed by atoms with Crippen LogP contribution in [0.3, 0.4) is 0 Å². The van der Waals surface area contributed by atoms with Crippen LogP contribution in [0, 0.1) is 13.8 Å². The van der Waals surface area contributed by atoms with E-state index < -0.39 is 10.0 Å². The molecule has 0 atom stereocenters. The minimum Gasteiger partial charge on any atom is -0.288 e. The van der Waals surface area contributed by atoms with Gasteiger partial charge in [0.05, 0.1) is 10.6 Å². The number of sulfonamides is 1. The molecule has 0 bridgehead atoms. The van der Waals surface area contributed by atoms with Gasteiger partial charge in [0.1, 0.15) is 0 Å². The lowest BCUT2D eigenvalue weighted by Gasteiger charge is -2.20. The van der Waals surface area contributed by atoms with Gasteiger partial charge in [0.25, 0.3) is 15.9 Å². The van der Waals surface area contributed by atoms with Crippen molar-refractivity contribution in [2.45, 2.75) is 18.7 Å². The van der Waals surface area contributed by atoms with Crippen molar-refractivity contribution in [1.82, 2.24) is 5.43 Å². The summed E-state index contributed by atoms with van der Waals surface area (Å²) in [4.78, 5) is 12.7. The summed E-state index contributed by atoms with van der Waals surface area (Å²) in [5.74, 6) is -0.291. The van der Waals surface area contributed by atoms with E-state index in [-0.39, 0.29) is 10.8 Å². The molecule has 0 unspecified atom stereocenters. The molecular weight excluding hydrogens is 386 g/mol. The van der Waals surface area contributed by atoms with E-state index in [0.717, 1.165) is 11.3 Å². The number of carbonyl (C=O) groups excluding carboxylic acids is 1. The van der Waals surface area contributed by atoms with Crippen molar-refractivity contribution in [3.8, 4) is 0 Å². The third kappa shape index (κ3) is 4.94. The molecule has 3 aromatic carbocycles. The molecule has 0 heterocycles. The first-order valence-corrected chi connectivity index (χ1v) is 10.5. The molecule has 6 nitrogen and oxygen atoms in total. The van der Waals surface area contributed by atoms with Crippen molar-refractivity contribution < 1.29 is 13.2 Å². The number of anilines is 2. The molecule has 0 aromatic heterocycles. The van der Waals surface area contributed by atoms with E-state index >= 15 is 0 Å². The predicted molar refractivity (Wildman–Crippen MR) is 115 cm³/mol. The Morgan fingerprint density at radius 3 is 2.21 bits per heavy atom. The average molecular weight is 410 g/mol. The Labute approximate surface area is 171 Å². The van der Waals surface area contributed by atoms with Crippen LogP contribution in [0.25, 0.3) is 0 Å². The van der Waals surface area contributed by atoms with Gasteiger partial charge in [0.2, 0.25) is 0 Å². The Morgan fingerprint density at radius 1 is 0.897 bits per heavy atom. The first kappa shape index (κ1) is 20.4. The molecule has 0 radical (unpaired) electrons. The standard InChI is InChI=1S/C22H23N3O3S/c1-16-9-10-17(2)21(15-16)29(27,28)24-19-13-11-18(12-14-19)22(26)23-25(3)20-7-5-4-6-8-20/h4-15,24H,1-3H3,(H,23,26). The number of amides is 1. The fourth-order valence-corrected chi connectivity index (χ4v) is 4.22. The van der Waals surface area contributed by atoms with Crippen LogP contribution in [0.15, 0.2) is 77.7 Å². The van der Waals surface area contributed by atoms with Crippen LogP contribution in [-0.4, -0.2) is 21.4 Å². The minimum atomic E-state index is -3.71. The Balaban J connectivity index is 1.71. The van der Waals surface area contributed by atoms with Crippen LogP contribution in [0.4, 0.5) is 11.4 Å². The maximum atomic E-state index is 12.7. The number of benzene rings is 3. The molecule has 0 saturated carbocycles. The molecule has 0 spiro atoms. The van der Waals surface area contributed by atoms with Crippen molar-refractivity contribution in [1.29, 1.82) is 0 Å². The number of aryl methyl sites for hydroxylation is 2. The van der Waals surface area contributed by atoms with Crippen LogP contribution in [0.2, 0.25) is 0 Å². The monoisotopic (exact) mass is 409 g/mol. The summed E-state index contributed by atoms with van der Waals surface area (Å²) >= 11 is 0. The van der Waals surface area contributed by atoms with Crippen LogP contribution in [0.1, 0.15) is 21.5 Å². The molecule has 2 N–H and O–H groups in total. The molecule has 3 aromatic rings. The van der Waals surface area contributed by atoms with E-state index in [4.69, 9.17) is 0 Å². The second kappa shape index (κ2) is 8.36. The molecule has 0 fully saturated rings. The maximum Gasteiger partial charge on any atom is 0.269 e. The Bertz CT molecular complexity index is 1110. The topological polar surface area (TPSA) is 78.5 Å². The smallest absolute Gasteiger partial charge is 0.269 e. The number of hydrazine groups is 1. The lowest BCUT2D eigenvalue weighted by molar-refractivity contribution is 0.0951. The lowest BCUT2D eigenvalue weighted by Crippen LogP contribution is -2.39. The van der Waals surface area contributed by atoms with Crippen molar-refractivity contribution in [3.63, 3.8) is 0 Å².